The van der Waals surface area contributed by atoms with Gasteiger partial charge in [0.25, 0.3) is 0 Å². The number of rotatable bonds is 11. The van der Waals surface area contributed by atoms with E-state index in [-0.39, 0.29) is 5.92 Å². The maximum absolute atomic E-state index is 10.9. The Morgan fingerprint density at radius 3 is 1.96 bits per heavy atom. The Morgan fingerprint density at radius 2 is 1.50 bits per heavy atom. The Hall–Kier alpha value is -1.44. The molecule has 1 aromatic rings. The van der Waals surface area contributed by atoms with E-state index in [0.29, 0.717) is 5.78 Å². The Morgan fingerprint density at radius 1 is 0.958 bits per heavy atom. The van der Waals surface area contributed by atoms with E-state index in [1.807, 2.05) is 31.2 Å². The molecule has 0 aliphatic carbocycles. The number of unbranched alkanes of at least 4 members (excludes halogenated alkanes) is 6. The van der Waals surface area contributed by atoms with E-state index in [9.17, 15) is 9.59 Å². The zero-order chi connectivity index (χ0) is 18.2. The summed E-state index contributed by atoms with van der Waals surface area (Å²) in [4.78, 5) is 21.2. The van der Waals surface area contributed by atoms with Crippen molar-refractivity contribution >= 4 is 12.1 Å². The van der Waals surface area contributed by atoms with Crippen LogP contribution in [0.3, 0.4) is 0 Å². The van der Waals surface area contributed by atoms with E-state index in [0.717, 1.165) is 24.7 Å². The fourth-order valence-electron chi connectivity index (χ4n) is 2.44. The predicted molar refractivity (Wildman–Crippen MR) is 104 cm³/mol. The van der Waals surface area contributed by atoms with Crippen LogP contribution >= 0.6 is 0 Å². The summed E-state index contributed by atoms with van der Waals surface area (Å²) in [7, 11) is 0. The zero-order valence-corrected chi connectivity index (χ0v) is 16.1. The largest absolute Gasteiger partial charge is 0.300 e. The smallest absolute Gasteiger partial charge is 0.150 e. The minimum absolute atomic E-state index is 0.283. The summed E-state index contributed by atoms with van der Waals surface area (Å²) in [6.45, 7) is 8.08. The number of carbonyl (C=O) groups excluding carboxylic acids is 2. The van der Waals surface area contributed by atoms with Crippen molar-refractivity contribution in [2.45, 2.75) is 85.5 Å². The lowest BCUT2D eigenvalue weighted by atomic mass is 9.99. The fourth-order valence-corrected chi connectivity index (χ4v) is 2.44. The first kappa shape index (κ1) is 22.6. The molecule has 2 heteroatoms. The summed E-state index contributed by atoms with van der Waals surface area (Å²) in [5, 5.41) is 0. The van der Waals surface area contributed by atoms with Gasteiger partial charge in [0.15, 0.2) is 0 Å². The molecule has 0 heterocycles. The summed E-state index contributed by atoms with van der Waals surface area (Å²) in [5.41, 5.74) is 2.02. The second kappa shape index (κ2) is 15.1. The second-order valence-electron chi connectivity index (χ2n) is 6.63. The van der Waals surface area contributed by atoms with E-state index in [1.165, 1.54) is 50.5 Å². The highest BCUT2D eigenvalue weighted by atomic mass is 16.1. The van der Waals surface area contributed by atoms with Crippen LogP contribution in [0.2, 0.25) is 0 Å². The van der Waals surface area contributed by atoms with Gasteiger partial charge in [-0.1, -0.05) is 90.0 Å². The third kappa shape index (κ3) is 12.0. The number of hydrogen-bond acceptors (Lipinski definition) is 2. The average Bonchev–Trinajstić information content (AvgIpc) is 2.61. The first-order valence-corrected chi connectivity index (χ1v) is 9.59. The number of hydrogen-bond donors (Lipinski definition) is 0. The Labute approximate surface area is 149 Å². The van der Waals surface area contributed by atoms with Gasteiger partial charge in [-0.25, -0.2) is 0 Å². The predicted octanol–water partition coefficient (Wildman–Crippen LogP) is 6.41. The molecule has 136 valence electrons. The topological polar surface area (TPSA) is 34.1 Å². The first-order chi connectivity index (χ1) is 11.5. The molecule has 0 spiro atoms. The van der Waals surface area contributed by atoms with Gasteiger partial charge in [-0.3, -0.25) is 9.59 Å². The van der Waals surface area contributed by atoms with Crippen molar-refractivity contribution in [1.82, 2.24) is 0 Å². The number of aryl methyl sites for hydroxylation is 1. The molecule has 0 amide bonds. The van der Waals surface area contributed by atoms with Gasteiger partial charge in [0.05, 0.1) is 0 Å². The molecule has 0 aliphatic rings. The molecule has 0 saturated carbocycles. The molecule has 1 atom stereocenters. The van der Waals surface area contributed by atoms with E-state index in [1.54, 1.807) is 6.92 Å². The summed E-state index contributed by atoms with van der Waals surface area (Å²) >= 11 is 0. The van der Waals surface area contributed by atoms with E-state index in [4.69, 9.17) is 0 Å². The van der Waals surface area contributed by atoms with Crippen LogP contribution < -0.4 is 0 Å². The molecule has 0 saturated heterocycles. The second-order valence-corrected chi connectivity index (χ2v) is 6.63. The molecule has 1 unspecified atom stereocenters. The highest BCUT2D eigenvalue weighted by Crippen LogP contribution is 2.12. The van der Waals surface area contributed by atoms with Gasteiger partial charge in [-0.2, -0.15) is 0 Å². The molecule has 0 aliphatic heterocycles. The lowest BCUT2D eigenvalue weighted by Gasteiger charge is -2.06. The molecule has 24 heavy (non-hydrogen) atoms. The van der Waals surface area contributed by atoms with Crippen molar-refractivity contribution in [3.05, 3.63) is 35.4 Å². The molecule has 0 bridgehead atoms. The normalized spacial score (nSPS) is 11.3. The number of benzene rings is 1. The summed E-state index contributed by atoms with van der Waals surface area (Å²) in [6.07, 6.45) is 12.3. The fraction of sp³-hybridized carbons (Fsp3) is 0.636. The number of Topliss-reactive ketones (excluding diaryl/α,β-unsaturated/α-hetero) is 1. The van der Waals surface area contributed by atoms with Crippen molar-refractivity contribution < 1.29 is 9.59 Å². The highest BCUT2D eigenvalue weighted by molar-refractivity contribution is 5.77. The van der Waals surface area contributed by atoms with Crippen LogP contribution in [0.5, 0.6) is 0 Å². The molecule has 2 nitrogen and oxygen atoms in total. The van der Waals surface area contributed by atoms with Crippen LogP contribution in [0.1, 0.15) is 95.0 Å². The molecule has 0 aromatic heterocycles. The number of ketones is 1. The number of aldehydes is 1. The quantitative estimate of drug-likeness (QED) is 0.346. The Bertz CT molecular complexity index is 434. The zero-order valence-electron chi connectivity index (χ0n) is 16.1. The van der Waals surface area contributed by atoms with Crippen molar-refractivity contribution in [1.29, 1.82) is 0 Å². The summed E-state index contributed by atoms with van der Waals surface area (Å²) < 4.78 is 0. The maximum Gasteiger partial charge on any atom is 0.150 e. The SMILES string of the molecule is CCCCCCCCCC(C)C(C)=O.CCc1ccc(C=O)cc1. The van der Waals surface area contributed by atoms with E-state index < -0.39 is 0 Å². The minimum Gasteiger partial charge on any atom is -0.300 e. The third-order valence-corrected chi connectivity index (χ3v) is 4.46. The lowest BCUT2D eigenvalue weighted by Crippen LogP contribution is -2.05. The van der Waals surface area contributed by atoms with Crippen LogP contribution in [0.25, 0.3) is 0 Å². The van der Waals surface area contributed by atoms with Crippen molar-refractivity contribution in [2.75, 3.05) is 0 Å². The van der Waals surface area contributed by atoms with Crippen molar-refractivity contribution in [3.8, 4) is 0 Å². The molecule has 1 rings (SSSR count). The maximum atomic E-state index is 10.9. The van der Waals surface area contributed by atoms with Crippen molar-refractivity contribution in [3.63, 3.8) is 0 Å². The summed E-state index contributed by atoms with van der Waals surface area (Å²) in [6, 6.07) is 7.63. The number of carbonyl (C=O) groups is 2. The van der Waals surface area contributed by atoms with Crippen LogP contribution in [-0.4, -0.2) is 12.1 Å². The highest BCUT2D eigenvalue weighted by Gasteiger charge is 2.05. The molecule has 0 radical (unpaired) electrons. The van der Waals surface area contributed by atoms with Gasteiger partial charge >= 0.3 is 0 Å². The standard InChI is InChI=1S/C13H26O.C9H10O/c1-4-5-6-7-8-9-10-11-12(2)13(3)14;1-2-8-3-5-9(7-10)6-4-8/h12H,4-11H2,1-3H3;3-7H,2H2,1H3. The molecular formula is C22H36O2. The van der Waals surface area contributed by atoms with Gasteiger partial charge in [0.1, 0.15) is 12.1 Å². The molecular weight excluding hydrogens is 296 g/mol. The first-order valence-electron chi connectivity index (χ1n) is 9.59. The van der Waals surface area contributed by atoms with Gasteiger partial charge in [0.2, 0.25) is 0 Å². The van der Waals surface area contributed by atoms with Gasteiger partial charge in [0, 0.05) is 11.5 Å². The summed E-state index contributed by atoms with van der Waals surface area (Å²) in [5.74, 6) is 0.627. The minimum atomic E-state index is 0.283. The molecule has 0 fully saturated rings. The van der Waals surface area contributed by atoms with Gasteiger partial charge in [-0.15, -0.1) is 0 Å². The average molecular weight is 333 g/mol. The molecule has 0 N–H and O–H groups in total. The van der Waals surface area contributed by atoms with Crippen LogP contribution in [0.15, 0.2) is 24.3 Å². The van der Waals surface area contributed by atoms with Gasteiger partial charge in [-0.05, 0) is 25.3 Å². The lowest BCUT2D eigenvalue weighted by molar-refractivity contribution is -0.120. The van der Waals surface area contributed by atoms with Crippen molar-refractivity contribution in [2.24, 2.45) is 5.92 Å². The van der Waals surface area contributed by atoms with E-state index >= 15 is 0 Å². The Balaban J connectivity index is 0.000000463. The molecule has 1 aromatic carbocycles. The third-order valence-electron chi connectivity index (χ3n) is 4.46. The van der Waals surface area contributed by atoms with Gasteiger partial charge < -0.3 is 0 Å². The van der Waals surface area contributed by atoms with Crippen LogP contribution in [-0.2, 0) is 11.2 Å². The monoisotopic (exact) mass is 332 g/mol. The van der Waals surface area contributed by atoms with E-state index in [2.05, 4.69) is 13.8 Å². The van der Waals surface area contributed by atoms with Crippen LogP contribution in [0, 0.1) is 5.92 Å². The van der Waals surface area contributed by atoms with Crippen LogP contribution in [0.4, 0.5) is 0 Å². The Kier molecular flexibility index (Phi) is 14.2.